The fraction of sp³-hybridized carbons (Fsp3) is 0.381. The van der Waals surface area contributed by atoms with Crippen LogP contribution in [0.25, 0.3) is 0 Å². The maximum atomic E-state index is 13.1. The van der Waals surface area contributed by atoms with E-state index in [-0.39, 0.29) is 34.6 Å². The molecule has 0 aromatic carbocycles. The summed E-state index contributed by atoms with van der Waals surface area (Å²) in [5.74, 6) is 0.209. The number of rotatable bonds is 13. The summed E-state index contributed by atoms with van der Waals surface area (Å²) in [4.78, 5) is 59.3. The standard InChI is InChI=1S/C21H21N9O6S3/c1-3-5-29-21(25-27-28-29)39-8-11-7-37-18-14(17(33)30(18)15(11)19(34)35)24-16(32)13(26-36-6-4-2)12-9-38-20(23-12)22-10-31/h2,9-10,14,18H,3,5-8H2,1H3,(H,24,32)(H,34,35)(H,22,23,31)/t14?,18-/m1/s1. The van der Waals surface area contributed by atoms with Crippen LogP contribution < -0.4 is 10.6 Å². The number of aryl methyl sites for hydroxylation is 1. The normalized spacial score (nSPS) is 18.6. The van der Waals surface area contributed by atoms with E-state index in [4.69, 9.17) is 11.3 Å². The molecule has 2 atom stereocenters. The number of terminal acetylenes is 1. The number of nitrogens with one attached hydrogen (secondary N) is 2. The van der Waals surface area contributed by atoms with E-state index in [2.05, 4.69) is 42.2 Å². The molecule has 3 amide bonds. The lowest BCUT2D eigenvalue weighted by atomic mass is 10.0. The van der Waals surface area contributed by atoms with E-state index < -0.39 is 29.2 Å². The molecule has 4 heterocycles. The number of anilines is 1. The summed E-state index contributed by atoms with van der Waals surface area (Å²) in [5.41, 5.74) is 0.255. The number of thiazole rings is 1. The summed E-state index contributed by atoms with van der Waals surface area (Å²) in [6.07, 6.45) is 6.43. The van der Waals surface area contributed by atoms with E-state index in [0.29, 0.717) is 29.4 Å². The number of carboxylic acid groups (broad SMARTS) is 1. The van der Waals surface area contributed by atoms with Crippen LogP contribution in [0.5, 0.6) is 0 Å². The first-order chi connectivity index (χ1) is 18.9. The van der Waals surface area contributed by atoms with Gasteiger partial charge in [-0.05, 0) is 22.4 Å². The third-order valence-electron chi connectivity index (χ3n) is 5.29. The highest BCUT2D eigenvalue weighted by atomic mass is 32.2. The van der Waals surface area contributed by atoms with Crippen molar-refractivity contribution in [1.82, 2.24) is 35.4 Å². The first kappa shape index (κ1) is 28.1. The van der Waals surface area contributed by atoms with E-state index >= 15 is 0 Å². The summed E-state index contributed by atoms with van der Waals surface area (Å²) in [5, 5.41) is 31.8. The number of β-lactam (4-membered cyclic amide) rings is 1. The summed E-state index contributed by atoms with van der Waals surface area (Å²) in [6, 6.07) is -1.01. The smallest absolute Gasteiger partial charge is 0.352 e. The van der Waals surface area contributed by atoms with Gasteiger partial charge in [-0.1, -0.05) is 29.8 Å². The fourth-order valence-corrected chi connectivity index (χ4v) is 6.69. The van der Waals surface area contributed by atoms with Crippen LogP contribution in [0.3, 0.4) is 0 Å². The van der Waals surface area contributed by atoms with Gasteiger partial charge in [-0.3, -0.25) is 19.3 Å². The number of tetrazole rings is 1. The molecular weight excluding hydrogens is 570 g/mol. The molecule has 0 spiro atoms. The lowest BCUT2D eigenvalue weighted by Crippen LogP contribution is -2.71. The minimum Gasteiger partial charge on any atom is -0.477 e. The van der Waals surface area contributed by atoms with Crippen LogP contribution in [-0.4, -0.2) is 94.6 Å². The van der Waals surface area contributed by atoms with Crippen LogP contribution >= 0.6 is 34.9 Å². The average Bonchev–Trinajstić information content (AvgIpc) is 3.57. The van der Waals surface area contributed by atoms with Gasteiger partial charge in [0, 0.05) is 23.4 Å². The number of aromatic nitrogens is 5. The second-order valence-corrected chi connectivity index (χ2v) is 10.7. The Morgan fingerprint density at radius 3 is 3.00 bits per heavy atom. The number of nitrogens with zero attached hydrogens (tertiary/aromatic N) is 7. The molecule has 204 valence electrons. The van der Waals surface area contributed by atoms with E-state index in [1.54, 1.807) is 4.68 Å². The highest BCUT2D eigenvalue weighted by molar-refractivity contribution is 8.01. The van der Waals surface area contributed by atoms with E-state index in [9.17, 15) is 24.3 Å². The number of amides is 3. The van der Waals surface area contributed by atoms with Crippen molar-refractivity contribution in [2.24, 2.45) is 5.16 Å². The Morgan fingerprint density at radius 2 is 2.28 bits per heavy atom. The van der Waals surface area contributed by atoms with Crippen molar-refractivity contribution < 1.29 is 29.1 Å². The molecule has 0 bridgehead atoms. The number of hydrogen-bond donors (Lipinski definition) is 3. The minimum absolute atomic E-state index is 0.0923. The monoisotopic (exact) mass is 591 g/mol. The third-order valence-corrected chi connectivity index (χ3v) is 8.45. The molecule has 1 fully saturated rings. The first-order valence-corrected chi connectivity index (χ1v) is 14.2. The average molecular weight is 592 g/mol. The number of carboxylic acids is 1. The quantitative estimate of drug-likeness (QED) is 0.0537. The largest absolute Gasteiger partial charge is 0.477 e. The first-order valence-electron chi connectivity index (χ1n) is 11.3. The van der Waals surface area contributed by atoms with Crippen LogP contribution in [0.1, 0.15) is 19.0 Å². The van der Waals surface area contributed by atoms with Crippen molar-refractivity contribution in [3.63, 3.8) is 0 Å². The van der Waals surface area contributed by atoms with Crippen LogP contribution in [0.2, 0.25) is 0 Å². The number of thioether (sulfide) groups is 2. The molecule has 0 saturated carbocycles. The molecule has 1 unspecified atom stereocenters. The second kappa shape index (κ2) is 12.7. The molecule has 0 radical (unpaired) electrons. The van der Waals surface area contributed by atoms with E-state index in [0.717, 1.165) is 17.8 Å². The maximum Gasteiger partial charge on any atom is 0.352 e. The van der Waals surface area contributed by atoms with Gasteiger partial charge in [0.25, 0.3) is 11.8 Å². The Balaban J connectivity index is 1.49. The minimum atomic E-state index is -1.25. The van der Waals surface area contributed by atoms with Crippen molar-refractivity contribution in [2.45, 2.75) is 36.5 Å². The topological polar surface area (TPSA) is 194 Å². The Bertz CT molecular complexity index is 1380. The Hall–Kier alpha value is -3.95. The van der Waals surface area contributed by atoms with E-state index in [1.165, 1.54) is 33.8 Å². The summed E-state index contributed by atoms with van der Waals surface area (Å²) >= 11 is 3.66. The maximum absolute atomic E-state index is 13.1. The Labute approximate surface area is 233 Å². The van der Waals surface area contributed by atoms with Crippen LogP contribution in [-0.2, 0) is 30.6 Å². The van der Waals surface area contributed by atoms with Crippen molar-refractivity contribution in [3.05, 3.63) is 22.3 Å². The molecule has 2 aliphatic rings. The highest BCUT2D eigenvalue weighted by Crippen LogP contribution is 2.41. The fourth-order valence-electron chi connectivity index (χ4n) is 3.65. The molecular formula is C21H21N9O6S3. The van der Waals surface area contributed by atoms with Crippen LogP contribution in [0.15, 0.2) is 27.0 Å². The van der Waals surface area contributed by atoms with Crippen LogP contribution in [0.4, 0.5) is 5.13 Å². The number of carbonyl (C=O) groups excluding carboxylic acids is 3. The van der Waals surface area contributed by atoms with Gasteiger partial charge in [0.2, 0.25) is 11.6 Å². The second-order valence-electron chi connectivity index (χ2n) is 7.81. The SMILES string of the molecule is C#CCON=C(C(=O)NC1C(=O)N2C(C(=O)O)=C(CSc3nnnn3CCC)CS[C@H]12)c1csc(NC=O)n1. The molecule has 3 N–H and O–H groups in total. The Kier molecular flexibility index (Phi) is 9.16. The zero-order valence-electron chi connectivity index (χ0n) is 20.3. The number of oxime groups is 1. The van der Waals surface area contributed by atoms with Gasteiger partial charge in [0.05, 0.1) is 0 Å². The molecule has 18 heteroatoms. The van der Waals surface area contributed by atoms with Crippen molar-refractivity contribution in [3.8, 4) is 12.3 Å². The number of fused-ring (bicyclic) bond motifs is 1. The lowest BCUT2D eigenvalue weighted by Gasteiger charge is -2.49. The van der Waals surface area contributed by atoms with E-state index in [1.807, 2.05) is 6.92 Å². The predicted molar refractivity (Wildman–Crippen MR) is 142 cm³/mol. The van der Waals surface area contributed by atoms with Gasteiger partial charge in [0.15, 0.2) is 17.5 Å². The molecule has 0 aliphatic carbocycles. The van der Waals surface area contributed by atoms with Crippen LogP contribution in [0, 0.1) is 12.3 Å². The molecule has 2 aromatic heterocycles. The summed E-state index contributed by atoms with van der Waals surface area (Å²) in [6.45, 7) is 2.40. The van der Waals surface area contributed by atoms with Crippen molar-refractivity contribution in [1.29, 1.82) is 0 Å². The summed E-state index contributed by atoms with van der Waals surface area (Å²) in [7, 11) is 0. The van der Waals surface area contributed by atoms with Gasteiger partial charge in [-0.2, -0.15) is 0 Å². The van der Waals surface area contributed by atoms with Crippen molar-refractivity contribution >= 4 is 69.9 Å². The third kappa shape index (κ3) is 6.05. The zero-order chi connectivity index (χ0) is 27.9. The van der Waals surface area contributed by atoms with Gasteiger partial charge in [0.1, 0.15) is 22.8 Å². The van der Waals surface area contributed by atoms with Gasteiger partial charge < -0.3 is 20.6 Å². The van der Waals surface area contributed by atoms with Gasteiger partial charge >= 0.3 is 5.97 Å². The number of hydrogen-bond acceptors (Lipinski definition) is 13. The Morgan fingerprint density at radius 1 is 1.46 bits per heavy atom. The highest BCUT2D eigenvalue weighted by Gasteiger charge is 2.54. The molecule has 1 saturated heterocycles. The number of carbonyl (C=O) groups is 4. The van der Waals surface area contributed by atoms with Gasteiger partial charge in [-0.15, -0.1) is 34.6 Å². The molecule has 4 rings (SSSR count). The lowest BCUT2D eigenvalue weighted by molar-refractivity contribution is -0.150. The van der Waals surface area contributed by atoms with Crippen molar-refractivity contribution in [2.75, 3.05) is 23.4 Å². The molecule has 39 heavy (non-hydrogen) atoms. The van der Waals surface area contributed by atoms with Gasteiger partial charge in [-0.25, -0.2) is 14.5 Å². The molecule has 2 aromatic rings. The number of aliphatic carboxylic acids is 1. The molecule has 2 aliphatic heterocycles. The summed E-state index contributed by atoms with van der Waals surface area (Å²) < 4.78 is 1.64. The predicted octanol–water partition coefficient (Wildman–Crippen LogP) is -0.00730. The molecule has 15 nitrogen and oxygen atoms in total. The zero-order valence-corrected chi connectivity index (χ0v) is 22.7.